The fourth-order valence-electron chi connectivity index (χ4n) is 2.82. The zero-order valence-electron chi connectivity index (χ0n) is 23.7. The molecule has 1 aromatic rings. The second-order valence-corrected chi connectivity index (χ2v) is 11.3. The smallest absolute Gasteiger partial charge is 0.462 e. The number of esters is 2. The average Bonchev–Trinajstić information content (AvgIpc) is 2.70. The normalized spacial score (nSPS) is 13.2. The predicted molar refractivity (Wildman–Crippen MR) is 138 cm³/mol. The lowest BCUT2D eigenvalue weighted by Crippen LogP contribution is -2.37. The van der Waals surface area contributed by atoms with E-state index in [1.807, 2.05) is 13.8 Å². The number of carbonyl (C=O) groups excluding carboxylic acids is 4. The van der Waals surface area contributed by atoms with Gasteiger partial charge in [0.25, 0.3) is 0 Å². The van der Waals surface area contributed by atoms with E-state index in [1.54, 1.807) is 54.5 Å². The summed E-state index contributed by atoms with van der Waals surface area (Å²) in [7, 11) is 0. The van der Waals surface area contributed by atoms with Crippen LogP contribution < -0.4 is 15.2 Å². The van der Waals surface area contributed by atoms with Gasteiger partial charge in [0.05, 0.1) is 0 Å². The summed E-state index contributed by atoms with van der Waals surface area (Å²) in [6, 6.07) is 3.25. The van der Waals surface area contributed by atoms with E-state index >= 15 is 0 Å². The molecule has 0 aliphatic carbocycles. The minimum absolute atomic E-state index is 0.0100. The molecule has 0 amide bonds. The fourth-order valence-corrected chi connectivity index (χ4v) is 2.82. The second-order valence-electron chi connectivity index (χ2n) is 11.3. The molecule has 0 bridgehead atoms. The topological polar surface area (TPSA) is 150 Å². The van der Waals surface area contributed by atoms with Gasteiger partial charge in [-0.15, -0.1) is 0 Å². The van der Waals surface area contributed by atoms with Crippen LogP contribution in [0.15, 0.2) is 18.2 Å². The maximum Gasteiger partial charge on any atom is 0.514 e. The zero-order valence-corrected chi connectivity index (χ0v) is 23.7. The van der Waals surface area contributed by atoms with E-state index in [9.17, 15) is 19.2 Å². The van der Waals surface area contributed by atoms with Crippen LogP contribution in [0.5, 0.6) is 11.5 Å². The molecular weight excluding hydrogens is 498 g/mol. The third-order valence-electron chi connectivity index (χ3n) is 4.30. The second kappa shape index (κ2) is 14.0. The Balaban J connectivity index is 2.93. The molecule has 38 heavy (non-hydrogen) atoms. The quantitative estimate of drug-likeness (QED) is 0.250. The molecule has 0 aliphatic heterocycles. The van der Waals surface area contributed by atoms with E-state index < -0.39 is 41.6 Å². The van der Waals surface area contributed by atoms with Gasteiger partial charge in [0.2, 0.25) is 0 Å². The summed E-state index contributed by atoms with van der Waals surface area (Å²) in [5, 5.41) is 0. The van der Waals surface area contributed by atoms with E-state index in [1.165, 1.54) is 12.1 Å². The summed E-state index contributed by atoms with van der Waals surface area (Å²) in [6.07, 6.45) is -2.44. The first-order chi connectivity index (χ1) is 17.3. The van der Waals surface area contributed by atoms with Crippen LogP contribution in [0.1, 0.15) is 74.3 Å². The number of carbonyl (C=O) groups is 4. The maximum atomic E-state index is 12.5. The molecule has 0 unspecified atom stereocenters. The third-order valence-corrected chi connectivity index (χ3v) is 4.30. The van der Waals surface area contributed by atoms with Crippen LogP contribution in [0.3, 0.4) is 0 Å². The number of benzene rings is 1. The van der Waals surface area contributed by atoms with Crippen molar-refractivity contribution < 1.29 is 47.6 Å². The summed E-state index contributed by atoms with van der Waals surface area (Å²) in [5.74, 6) is -1.16. The summed E-state index contributed by atoms with van der Waals surface area (Å²) < 4.78 is 31.2. The number of hydrogen-bond donors (Lipinski definition) is 1. The number of hydrogen-bond acceptors (Lipinski definition) is 11. The number of ether oxygens (including phenoxy) is 6. The van der Waals surface area contributed by atoms with Gasteiger partial charge in [-0.1, -0.05) is 19.9 Å². The standard InChI is InChI=1S/C27H41NO10/c1-16(2)12-22(29)33-15-17(3)34-23(30)19(28)13-18-10-11-20(35-24(31)37-26(4,5)6)21(14-18)36-25(32)38-27(7,8)9/h10-11,14,16-17,19H,12-13,15,28H2,1-9H3/t17-,19-/m0/s1. The van der Waals surface area contributed by atoms with Gasteiger partial charge in [-0.25, -0.2) is 9.59 Å². The fraction of sp³-hybridized carbons (Fsp3) is 0.630. The van der Waals surface area contributed by atoms with Gasteiger partial charge in [-0.3, -0.25) is 9.59 Å². The Labute approximate surface area is 224 Å². The van der Waals surface area contributed by atoms with Gasteiger partial charge < -0.3 is 34.2 Å². The third kappa shape index (κ3) is 13.8. The van der Waals surface area contributed by atoms with Gasteiger partial charge in [0.15, 0.2) is 11.5 Å². The van der Waals surface area contributed by atoms with Crippen LogP contribution in [0, 0.1) is 5.92 Å². The molecule has 0 aliphatic rings. The molecule has 0 radical (unpaired) electrons. The SMILES string of the molecule is CC(C)CC(=O)OC[C@H](C)OC(=O)[C@@H](N)Cc1ccc(OC(=O)OC(C)(C)C)c(OC(=O)OC(C)(C)C)c1. The highest BCUT2D eigenvalue weighted by Gasteiger charge is 2.25. The Bertz CT molecular complexity index is 975. The van der Waals surface area contributed by atoms with Gasteiger partial charge in [-0.2, -0.15) is 0 Å². The van der Waals surface area contributed by atoms with E-state index in [0.717, 1.165) is 0 Å². The zero-order chi connectivity index (χ0) is 29.3. The van der Waals surface area contributed by atoms with E-state index in [0.29, 0.717) is 5.56 Å². The molecular formula is C27H41NO10. The van der Waals surface area contributed by atoms with Crippen LogP contribution in [0.25, 0.3) is 0 Å². The van der Waals surface area contributed by atoms with Crippen LogP contribution in [0.4, 0.5) is 9.59 Å². The van der Waals surface area contributed by atoms with Crippen molar-refractivity contribution in [3.8, 4) is 11.5 Å². The molecule has 0 spiro atoms. The minimum Gasteiger partial charge on any atom is -0.462 e. The minimum atomic E-state index is -1.07. The number of nitrogens with two attached hydrogens (primary N) is 1. The Morgan fingerprint density at radius 1 is 0.842 bits per heavy atom. The van der Waals surface area contributed by atoms with Crippen molar-refractivity contribution in [2.75, 3.05) is 6.61 Å². The first-order valence-corrected chi connectivity index (χ1v) is 12.4. The molecule has 11 heteroatoms. The van der Waals surface area contributed by atoms with Crippen LogP contribution >= 0.6 is 0 Å². The van der Waals surface area contributed by atoms with Crippen LogP contribution in [0.2, 0.25) is 0 Å². The molecule has 2 N–H and O–H groups in total. The molecule has 0 aromatic heterocycles. The van der Waals surface area contributed by atoms with Crippen molar-refractivity contribution >= 4 is 24.2 Å². The van der Waals surface area contributed by atoms with Gasteiger partial charge in [0, 0.05) is 6.42 Å². The van der Waals surface area contributed by atoms with Crippen molar-refractivity contribution in [2.45, 2.75) is 98.5 Å². The van der Waals surface area contributed by atoms with Crippen molar-refractivity contribution in [3.05, 3.63) is 23.8 Å². The lowest BCUT2D eigenvalue weighted by atomic mass is 10.1. The van der Waals surface area contributed by atoms with E-state index in [2.05, 4.69) is 0 Å². The lowest BCUT2D eigenvalue weighted by molar-refractivity contribution is -0.159. The van der Waals surface area contributed by atoms with Gasteiger partial charge in [0.1, 0.15) is 30.0 Å². The van der Waals surface area contributed by atoms with Gasteiger partial charge >= 0.3 is 24.2 Å². The molecule has 0 saturated heterocycles. The monoisotopic (exact) mass is 539 g/mol. The van der Waals surface area contributed by atoms with Crippen molar-refractivity contribution in [1.29, 1.82) is 0 Å². The van der Waals surface area contributed by atoms with Crippen LogP contribution in [-0.2, 0) is 35.0 Å². The average molecular weight is 540 g/mol. The summed E-state index contributed by atoms with van der Waals surface area (Å²) in [4.78, 5) is 48.6. The highest BCUT2D eigenvalue weighted by atomic mass is 16.8. The molecule has 0 fully saturated rings. The highest BCUT2D eigenvalue weighted by molar-refractivity contribution is 5.76. The van der Waals surface area contributed by atoms with E-state index in [4.69, 9.17) is 34.2 Å². The predicted octanol–water partition coefficient (Wildman–Crippen LogP) is 4.71. The Hall–Kier alpha value is -3.34. The molecule has 2 atom stereocenters. The molecule has 1 rings (SSSR count). The first kappa shape index (κ1) is 32.7. The Morgan fingerprint density at radius 2 is 1.37 bits per heavy atom. The molecule has 11 nitrogen and oxygen atoms in total. The Morgan fingerprint density at radius 3 is 1.87 bits per heavy atom. The van der Waals surface area contributed by atoms with Crippen molar-refractivity contribution in [3.63, 3.8) is 0 Å². The van der Waals surface area contributed by atoms with Gasteiger partial charge in [-0.05, 0) is 78.5 Å². The summed E-state index contributed by atoms with van der Waals surface area (Å²) in [5.41, 5.74) is 4.88. The number of rotatable bonds is 10. The van der Waals surface area contributed by atoms with Crippen LogP contribution in [-0.4, -0.2) is 54.2 Å². The molecule has 0 saturated carbocycles. The molecule has 214 valence electrons. The maximum absolute atomic E-state index is 12.5. The molecule has 0 heterocycles. The van der Waals surface area contributed by atoms with Crippen molar-refractivity contribution in [2.24, 2.45) is 11.7 Å². The first-order valence-electron chi connectivity index (χ1n) is 12.4. The molecule has 1 aromatic carbocycles. The largest absolute Gasteiger partial charge is 0.514 e. The highest BCUT2D eigenvalue weighted by Crippen LogP contribution is 2.31. The van der Waals surface area contributed by atoms with E-state index in [-0.39, 0.29) is 42.8 Å². The summed E-state index contributed by atoms with van der Waals surface area (Å²) in [6.45, 7) is 15.3. The Kier molecular flexibility index (Phi) is 12.0. The lowest BCUT2D eigenvalue weighted by Gasteiger charge is -2.21. The summed E-state index contributed by atoms with van der Waals surface area (Å²) >= 11 is 0. The van der Waals surface area contributed by atoms with Crippen molar-refractivity contribution in [1.82, 2.24) is 0 Å².